The van der Waals surface area contributed by atoms with E-state index in [-0.39, 0.29) is 5.78 Å². The van der Waals surface area contributed by atoms with Gasteiger partial charge < -0.3 is 4.57 Å². The van der Waals surface area contributed by atoms with E-state index >= 15 is 0 Å². The van der Waals surface area contributed by atoms with Crippen LogP contribution in [0.2, 0.25) is 5.02 Å². The molecule has 0 atom stereocenters. The van der Waals surface area contributed by atoms with Gasteiger partial charge in [0.1, 0.15) is 0 Å². The molecule has 0 N–H and O–H groups in total. The summed E-state index contributed by atoms with van der Waals surface area (Å²) in [4.78, 5) is 12.7. The first-order valence-corrected chi connectivity index (χ1v) is 6.96. The van der Waals surface area contributed by atoms with Gasteiger partial charge >= 0.3 is 0 Å². The third-order valence-electron chi connectivity index (χ3n) is 3.48. The summed E-state index contributed by atoms with van der Waals surface area (Å²) in [5.41, 5.74) is 2.39. The standard InChI is InChI=1S/C17H14ClNO/c1-2-19-11-10-12-4-3-5-15(16(12)19)17(20)13-6-8-14(18)9-7-13/h3-11H,2H2,1H3. The van der Waals surface area contributed by atoms with Gasteiger partial charge in [0.25, 0.3) is 0 Å². The highest BCUT2D eigenvalue weighted by atomic mass is 35.5. The van der Waals surface area contributed by atoms with Crippen LogP contribution < -0.4 is 0 Å². The number of fused-ring (bicyclic) bond motifs is 1. The van der Waals surface area contributed by atoms with Crippen LogP contribution in [0, 0.1) is 0 Å². The molecule has 0 fully saturated rings. The fourth-order valence-corrected chi connectivity index (χ4v) is 2.59. The molecule has 0 radical (unpaired) electrons. The lowest BCUT2D eigenvalue weighted by molar-refractivity contribution is 0.104. The number of halogens is 1. The van der Waals surface area contributed by atoms with Crippen LogP contribution in [-0.4, -0.2) is 10.4 Å². The Morgan fingerprint density at radius 2 is 1.85 bits per heavy atom. The van der Waals surface area contributed by atoms with Crippen LogP contribution in [0.3, 0.4) is 0 Å². The van der Waals surface area contributed by atoms with Gasteiger partial charge in [0, 0.05) is 34.3 Å². The molecule has 0 aliphatic carbocycles. The fourth-order valence-electron chi connectivity index (χ4n) is 2.46. The number of hydrogen-bond donors (Lipinski definition) is 0. The Labute approximate surface area is 122 Å². The summed E-state index contributed by atoms with van der Waals surface area (Å²) >= 11 is 5.87. The Balaban J connectivity index is 2.16. The molecular formula is C17H14ClNO. The first kappa shape index (κ1) is 12.9. The van der Waals surface area contributed by atoms with E-state index in [2.05, 4.69) is 11.5 Å². The van der Waals surface area contributed by atoms with Crippen LogP contribution in [0.5, 0.6) is 0 Å². The predicted octanol–water partition coefficient (Wildman–Crippen LogP) is 4.55. The second-order valence-electron chi connectivity index (χ2n) is 4.68. The van der Waals surface area contributed by atoms with Crippen molar-refractivity contribution in [2.45, 2.75) is 13.5 Å². The van der Waals surface area contributed by atoms with Crippen molar-refractivity contribution >= 4 is 28.3 Å². The summed E-state index contributed by atoms with van der Waals surface area (Å²) in [6.45, 7) is 2.91. The van der Waals surface area contributed by atoms with Crippen molar-refractivity contribution in [3.8, 4) is 0 Å². The number of rotatable bonds is 3. The van der Waals surface area contributed by atoms with Gasteiger partial charge in [-0.25, -0.2) is 0 Å². The van der Waals surface area contributed by atoms with E-state index in [1.807, 2.05) is 30.5 Å². The maximum absolute atomic E-state index is 12.7. The fraction of sp³-hybridized carbons (Fsp3) is 0.118. The highest BCUT2D eigenvalue weighted by Crippen LogP contribution is 2.23. The molecule has 0 saturated heterocycles. The van der Waals surface area contributed by atoms with E-state index < -0.39 is 0 Å². The summed E-state index contributed by atoms with van der Waals surface area (Å²) in [5.74, 6) is 0.0284. The van der Waals surface area contributed by atoms with E-state index in [9.17, 15) is 4.79 Å². The van der Waals surface area contributed by atoms with Crippen molar-refractivity contribution in [1.29, 1.82) is 0 Å². The Kier molecular flexibility index (Phi) is 3.33. The van der Waals surface area contributed by atoms with Crippen LogP contribution in [0.1, 0.15) is 22.8 Å². The molecule has 3 rings (SSSR count). The van der Waals surface area contributed by atoms with Crippen LogP contribution in [0.4, 0.5) is 0 Å². The predicted molar refractivity (Wildman–Crippen MR) is 82.5 cm³/mol. The zero-order valence-corrected chi connectivity index (χ0v) is 11.9. The third kappa shape index (κ3) is 2.12. The zero-order chi connectivity index (χ0) is 14.1. The number of nitrogens with zero attached hydrogens (tertiary/aromatic N) is 1. The highest BCUT2D eigenvalue weighted by Gasteiger charge is 2.14. The number of ketones is 1. The highest BCUT2D eigenvalue weighted by molar-refractivity contribution is 6.30. The Bertz CT molecular complexity index is 771. The molecule has 0 aliphatic heterocycles. The van der Waals surface area contributed by atoms with Crippen LogP contribution in [0.15, 0.2) is 54.7 Å². The van der Waals surface area contributed by atoms with E-state index in [0.717, 1.165) is 23.0 Å². The Hall–Kier alpha value is -2.06. The number of carbonyl (C=O) groups is 1. The molecule has 100 valence electrons. The molecular weight excluding hydrogens is 270 g/mol. The maximum Gasteiger partial charge on any atom is 0.195 e. The lowest BCUT2D eigenvalue weighted by atomic mass is 10.0. The van der Waals surface area contributed by atoms with Crippen LogP contribution >= 0.6 is 11.6 Å². The van der Waals surface area contributed by atoms with Gasteiger partial charge in [-0.15, -0.1) is 0 Å². The van der Waals surface area contributed by atoms with Gasteiger partial charge in [0.2, 0.25) is 0 Å². The average Bonchev–Trinajstić information content (AvgIpc) is 2.90. The number of hydrogen-bond acceptors (Lipinski definition) is 1. The summed E-state index contributed by atoms with van der Waals surface area (Å²) in [6, 6.07) is 14.9. The van der Waals surface area contributed by atoms with Gasteiger partial charge in [0.15, 0.2) is 5.78 Å². The van der Waals surface area contributed by atoms with E-state index in [4.69, 9.17) is 11.6 Å². The second kappa shape index (κ2) is 5.14. The number of carbonyl (C=O) groups excluding carboxylic acids is 1. The van der Waals surface area contributed by atoms with E-state index in [0.29, 0.717) is 10.6 Å². The van der Waals surface area contributed by atoms with E-state index in [1.54, 1.807) is 24.3 Å². The smallest absolute Gasteiger partial charge is 0.195 e. The zero-order valence-electron chi connectivity index (χ0n) is 11.1. The topological polar surface area (TPSA) is 22.0 Å². The molecule has 0 saturated carbocycles. The second-order valence-corrected chi connectivity index (χ2v) is 5.12. The molecule has 2 aromatic carbocycles. The number of benzene rings is 2. The first-order chi connectivity index (χ1) is 9.70. The maximum atomic E-state index is 12.7. The van der Waals surface area contributed by atoms with Gasteiger partial charge in [-0.2, -0.15) is 0 Å². The summed E-state index contributed by atoms with van der Waals surface area (Å²) in [7, 11) is 0. The lowest BCUT2D eigenvalue weighted by Crippen LogP contribution is -2.04. The number of aryl methyl sites for hydroxylation is 1. The monoisotopic (exact) mass is 283 g/mol. The Morgan fingerprint density at radius 1 is 1.10 bits per heavy atom. The summed E-state index contributed by atoms with van der Waals surface area (Å²) < 4.78 is 2.10. The molecule has 3 heteroatoms. The molecule has 3 aromatic rings. The molecule has 0 bridgehead atoms. The van der Waals surface area contributed by atoms with Crippen molar-refractivity contribution in [2.75, 3.05) is 0 Å². The van der Waals surface area contributed by atoms with Crippen molar-refractivity contribution in [1.82, 2.24) is 4.57 Å². The molecule has 0 spiro atoms. The molecule has 0 amide bonds. The van der Waals surface area contributed by atoms with E-state index in [1.165, 1.54) is 0 Å². The lowest BCUT2D eigenvalue weighted by Gasteiger charge is -2.07. The Morgan fingerprint density at radius 3 is 2.55 bits per heavy atom. The molecule has 2 nitrogen and oxygen atoms in total. The first-order valence-electron chi connectivity index (χ1n) is 6.59. The van der Waals surface area contributed by atoms with Gasteiger partial charge in [-0.1, -0.05) is 23.7 Å². The van der Waals surface area contributed by atoms with Gasteiger partial charge in [-0.05, 0) is 43.3 Å². The molecule has 20 heavy (non-hydrogen) atoms. The molecule has 1 aromatic heterocycles. The van der Waals surface area contributed by atoms with Crippen molar-refractivity contribution in [3.05, 3.63) is 70.9 Å². The van der Waals surface area contributed by atoms with Crippen LogP contribution in [0.25, 0.3) is 10.9 Å². The summed E-state index contributed by atoms with van der Waals surface area (Å²) in [5, 5.41) is 1.73. The minimum absolute atomic E-state index is 0.0284. The number of aromatic nitrogens is 1. The largest absolute Gasteiger partial charge is 0.347 e. The third-order valence-corrected chi connectivity index (χ3v) is 3.73. The molecule has 0 aliphatic rings. The van der Waals surface area contributed by atoms with Gasteiger partial charge in [-0.3, -0.25) is 4.79 Å². The SMILES string of the molecule is CCn1ccc2cccc(C(=O)c3ccc(Cl)cc3)c21. The molecule has 1 heterocycles. The van der Waals surface area contributed by atoms with Crippen molar-refractivity contribution in [2.24, 2.45) is 0 Å². The summed E-state index contributed by atoms with van der Waals surface area (Å²) in [6.07, 6.45) is 2.02. The average molecular weight is 284 g/mol. The quantitative estimate of drug-likeness (QED) is 0.647. The minimum atomic E-state index is 0.0284. The van der Waals surface area contributed by atoms with Gasteiger partial charge in [0.05, 0.1) is 5.52 Å². The van der Waals surface area contributed by atoms with Crippen molar-refractivity contribution < 1.29 is 4.79 Å². The normalized spacial score (nSPS) is 10.9. The van der Waals surface area contributed by atoms with Crippen molar-refractivity contribution in [3.63, 3.8) is 0 Å². The number of para-hydroxylation sites is 1. The van der Waals surface area contributed by atoms with Crippen LogP contribution in [-0.2, 0) is 6.54 Å². The minimum Gasteiger partial charge on any atom is -0.347 e. The molecule has 0 unspecified atom stereocenters.